The van der Waals surface area contributed by atoms with Crippen LogP contribution in [0.2, 0.25) is 0 Å². The molecule has 7 nitrogen and oxygen atoms in total. The van der Waals surface area contributed by atoms with E-state index < -0.39 is 0 Å². The summed E-state index contributed by atoms with van der Waals surface area (Å²) >= 11 is 0. The van der Waals surface area contributed by atoms with E-state index in [9.17, 15) is 4.79 Å². The summed E-state index contributed by atoms with van der Waals surface area (Å²) in [5.74, 6) is 0.152. The number of amides is 1. The second-order valence-corrected chi connectivity index (χ2v) is 8.04. The first kappa shape index (κ1) is 19.9. The maximum absolute atomic E-state index is 13.1. The topological polar surface area (TPSA) is 87.7 Å². The van der Waals surface area contributed by atoms with E-state index in [2.05, 4.69) is 33.8 Å². The van der Waals surface area contributed by atoms with Crippen molar-refractivity contribution in [2.45, 2.75) is 56.7 Å². The van der Waals surface area contributed by atoms with E-state index in [1.54, 1.807) is 7.11 Å². The zero-order valence-electron chi connectivity index (χ0n) is 17.1. The molecule has 1 aromatic carbocycles. The Kier molecular flexibility index (Phi) is 6.16. The van der Waals surface area contributed by atoms with Gasteiger partial charge < -0.3 is 25.2 Å². The maximum Gasteiger partial charge on any atom is 0.253 e. The summed E-state index contributed by atoms with van der Waals surface area (Å²) in [4.78, 5) is 16.4. The zero-order valence-corrected chi connectivity index (χ0v) is 17.1. The lowest BCUT2D eigenvalue weighted by atomic mass is 9.91. The number of hydrazone groups is 1. The number of nitrogens with one attached hydrogen (secondary N) is 3. The number of hydrogen-bond donors (Lipinski definition) is 3. The van der Waals surface area contributed by atoms with Crippen molar-refractivity contribution in [3.8, 4) is 0 Å². The van der Waals surface area contributed by atoms with Gasteiger partial charge in [0.15, 0.2) is 0 Å². The van der Waals surface area contributed by atoms with Crippen LogP contribution in [0.4, 0.5) is 0 Å². The van der Waals surface area contributed by atoms with Gasteiger partial charge in [-0.25, -0.2) is 0 Å². The summed E-state index contributed by atoms with van der Waals surface area (Å²) in [5, 5.41) is 8.49. The Balaban J connectivity index is 1.44. The molecule has 1 amide bonds. The first-order chi connectivity index (χ1) is 14.2. The third-order valence-electron chi connectivity index (χ3n) is 6.01. The number of carbonyl (C=O) groups excluding carboxylic acids is 1. The number of carbonyl (C=O) groups is 1. The van der Waals surface area contributed by atoms with Gasteiger partial charge in [0.1, 0.15) is 0 Å². The maximum atomic E-state index is 13.1. The van der Waals surface area contributed by atoms with Crippen molar-refractivity contribution in [3.63, 3.8) is 0 Å². The predicted octanol–water partition coefficient (Wildman–Crippen LogP) is 2.93. The van der Waals surface area contributed by atoms with Gasteiger partial charge in [0.2, 0.25) is 0 Å². The molecule has 2 atom stereocenters. The van der Waals surface area contributed by atoms with Gasteiger partial charge in [-0.3, -0.25) is 4.79 Å². The number of hydrogen-bond acceptors (Lipinski definition) is 5. The summed E-state index contributed by atoms with van der Waals surface area (Å²) in [7, 11) is 1.68. The number of aromatic amines is 1. The smallest absolute Gasteiger partial charge is 0.253 e. The Bertz CT molecular complexity index is 870. The van der Waals surface area contributed by atoms with Crippen LogP contribution in [0, 0.1) is 0 Å². The Labute approximate surface area is 171 Å². The fourth-order valence-electron chi connectivity index (χ4n) is 4.33. The molecule has 1 aliphatic heterocycles. The normalized spacial score (nSPS) is 26.6. The zero-order chi connectivity index (χ0) is 20.2. The van der Waals surface area contributed by atoms with Gasteiger partial charge in [0.25, 0.3) is 5.91 Å². The summed E-state index contributed by atoms with van der Waals surface area (Å²) in [5.41, 5.74) is 5.79. The Morgan fingerprint density at radius 3 is 2.79 bits per heavy atom. The van der Waals surface area contributed by atoms with Crippen molar-refractivity contribution in [1.29, 1.82) is 0 Å². The highest BCUT2D eigenvalue weighted by Crippen LogP contribution is 2.28. The van der Waals surface area contributed by atoms with Gasteiger partial charge in [-0.05, 0) is 56.4 Å². The number of rotatable bonds is 7. The van der Waals surface area contributed by atoms with Crippen molar-refractivity contribution in [1.82, 2.24) is 15.7 Å². The lowest BCUT2D eigenvalue weighted by Crippen LogP contribution is -2.39. The lowest BCUT2D eigenvalue weighted by Gasteiger charge is -2.29. The first-order valence-corrected chi connectivity index (χ1v) is 10.5. The van der Waals surface area contributed by atoms with Crippen molar-refractivity contribution in [2.24, 2.45) is 5.10 Å². The highest BCUT2D eigenvalue weighted by molar-refractivity contribution is 6.06. The van der Waals surface area contributed by atoms with Gasteiger partial charge in [0.05, 0.1) is 36.4 Å². The third kappa shape index (κ3) is 4.46. The van der Waals surface area contributed by atoms with Crippen molar-refractivity contribution < 1.29 is 14.3 Å². The highest BCUT2D eigenvalue weighted by atomic mass is 16.5. The standard InChI is InChI=1S/C22H30N4O3/c1-14-20(13-24-26-14)16-11-15-7-8-23-21(15)19(12-16)22(27)25-17-3-5-18(6-4-17)29-10-9-28-2/h7-8,11-14,17-18,20,23,26H,3-6,9-10H2,1-2H3,(H,25,27)/t14?,17-,18-,20?. The van der Waals surface area contributed by atoms with E-state index in [1.165, 1.54) is 0 Å². The molecule has 0 radical (unpaired) electrons. The van der Waals surface area contributed by atoms with E-state index in [1.807, 2.05) is 24.5 Å². The monoisotopic (exact) mass is 398 g/mol. The molecule has 2 aliphatic rings. The minimum atomic E-state index is -0.0152. The molecule has 29 heavy (non-hydrogen) atoms. The summed E-state index contributed by atoms with van der Waals surface area (Å²) in [6.07, 6.45) is 7.89. The number of ether oxygens (including phenoxy) is 2. The Morgan fingerprint density at radius 1 is 1.24 bits per heavy atom. The average molecular weight is 399 g/mol. The van der Waals surface area contributed by atoms with E-state index in [-0.39, 0.29) is 30.0 Å². The largest absolute Gasteiger partial charge is 0.382 e. The number of methoxy groups -OCH3 is 1. The molecule has 0 spiro atoms. The van der Waals surface area contributed by atoms with Crippen LogP contribution in [0.1, 0.15) is 54.4 Å². The summed E-state index contributed by atoms with van der Waals surface area (Å²) in [6, 6.07) is 6.57. The molecule has 1 fully saturated rings. The van der Waals surface area contributed by atoms with Gasteiger partial charge in [-0.15, -0.1) is 0 Å². The summed E-state index contributed by atoms with van der Waals surface area (Å²) in [6.45, 7) is 3.36. The van der Waals surface area contributed by atoms with Crippen LogP contribution in [0.15, 0.2) is 29.5 Å². The van der Waals surface area contributed by atoms with Crippen molar-refractivity contribution >= 4 is 23.0 Å². The van der Waals surface area contributed by atoms with Crippen LogP contribution in [-0.4, -0.2) is 55.6 Å². The molecule has 2 heterocycles. The molecule has 7 heteroatoms. The molecule has 2 unspecified atom stereocenters. The highest BCUT2D eigenvalue weighted by Gasteiger charge is 2.26. The molecule has 1 saturated carbocycles. The van der Waals surface area contributed by atoms with E-state index in [4.69, 9.17) is 9.47 Å². The molecular formula is C22H30N4O3. The number of benzene rings is 1. The van der Waals surface area contributed by atoms with Crippen LogP contribution < -0.4 is 10.7 Å². The third-order valence-corrected chi connectivity index (χ3v) is 6.01. The molecule has 4 rings (SSSR count). The molecule has 156 valence electrons. The molecule has 0 bridgehead atoms. The van der Waals surface area contributed by atoms with Gasteiger partial charge >= 0.3 is 0 Å². The Morgan fingerprint density at radius 2 is 2.07 bits per heavy atom. The fraction of sp³-hybridized carbons (Fsp3) is 0.545. The van der Waals surface area contributed by atoms with Crippen LogP contribution in [-0.2, 0) is 9.47 Å². The quantitative estimate of drug-likeness (QED) is 0.626. The number of fused-ring (bicyclic) bond motifs is 1. The SMILES string of the molecule is COCCO[C@H]1CC[C@H](NC(=O)c2cc(C3C=NNC3C)cc3cc[nH]c23)CC1. The first-order valence-electron chi connectivity index (χ1n) is 10.5. The van der Waals surface area contributed by atoms with Crippen LogP contribution >= 0.6 is 0 Å². The Hall–Kier alpha value is -2.38. The molecule has 1 aliphatic carbocycles. The van der Waals surface area contributed by atoms with Gasteiger partial charge in [0, 0.05) is 36.9 Å². The average Bonchev–Trinajstić information content (AvgIpc) is 3.37. The van der Waals surface area contributed by atoms with E-state index >= 15 is 0 Å². The van der Waals surface area contributed by atoms with Gasteiger partial charge in [-0.1, -0.05) is 0 Å². The minimum absolute atomic E-state index is 0.0152. The molecule has 0 saturated heterocycles. The van der Waals surface area contributed by atoms with Crippen molar-refractivity contribution in [3.05, 3.63) is 35.5 Å². The molecule has 2 aromatic rings. The van der Waals surface area contributed by atoms with Crippen molar-refractivity contribution in [2.75, 3.05) is 20.3 Å². The second kappa shape index (κ2) is 8.97. The summed E-state index contributed by atoms with van der Waals surface area (Å²) < 4.78 is 10.9. The van der Waals surface area contributed by atoms with Gasteiger partial charge in [-0.2, -0.15) is 5.10 Å². The predicted molar refractivity (Wildman–Crippen MR) is 113 cm³/mol. The van der Waals surface area contributed by atoms with Crippen LogP contribution in [0.25, 0.3) is 10.9 Å². The molecular weight excluding hydrogens is 368 g/mol. The second-order valence-electron chi connectivity index (χ2n) is 8.04. The number of H-pyrrole nitrogens is 1. The molecule has 1 aromatic heterocycles. The van der Waals surface area contributed by atoms with Crippen LogP contribution in [0.3, 0.4) is 0 Å². The van der Waals surface area contributed by atoms with E-state index in [0.29, 0.717) is 18.8 Å². The lowest BCUT2D eigenvalue weighted by molar-refractivity contribution is -0.00408. The minimum Gasteiger partial charge on any atom is -0.382 e. The van der Waals surface area contributed by atoms with Crippen LogP contribution in [0.5, 0.6) is 0 Å². The van der Waals surface area contributed by atoms with E-state index in [0.717, 1.165) is 42.1 Å². The fourth-order valence-corrected chi connectivity index (χ4v) is 4.33. The number of aromatic nitrogens is 1. The molecule has 3 N–H and O–H groups in total. The number of nitrogens with zero attached hydrogens (tertiary/aromatic N) is 1.